The van der Waals surface area contributed by atoms with Crippen LogP contribution < -0.4 is 10.6 Å². The molecule has 0 spiro atoms. The molecule has 0 bridgehead atoms. The molecule has 1 saturated heterocycles. The van der Waals surface area contributed by atoms with Crippen molar-refractivity contribution in [3.8, 4) is 0 Å². The molecule has 0 radical (unpaired) electrons. The number of nitrogens with one attached hydrogen (secondary N) is 2. The molecule has 0 atom stereocenters. The van der Waals surface area contributed by atoms with Crippen molar-refractivity contribution in [1.82, 2.24) is 10.6 Å². The molecule has 1 heterocycles. The molecule has 0 aromatic heterocycles. The van der Waals surface area contributed by atoms with E-state index >= 15 is 0 Å². The van der Waals surface area contributed by atoms with Crippen LogP contribution in [0.5, 0.6) is 0 Å². The van der Waals surface area contributed by atoms with Crippen LogP contribution in [0.2, 0.25) is 0 Å². The van der Waals surface area contributed by atoms with Crippen molar-refractivity contribution in [2.24, 2.45) is 4.99 Å². The molecule has 0 amide bonds. The minimum atomic E-state index is 0.0852. The summed E-state index contributed by atoms with van der Waals surface area (Å²) in [5, 5.41) is 6.88. The fraction of sp³-hybridized carbons (Fsp3) is 0.632. The van der Waals surface area contributed by atoms with Crippen LogP contribution in [0, 0.1) is 0 Å². The number of aliphatic imine (C=N–C) groups is 1. The summed E-state index contributed by atoms with van der Waals surface area (Å²) in [5.41, 5.74) is 1.44. The lowest BCUT2D eigenvalue weighted by molar-refractivity contribution is 0.0513. The average Bonchev–Trinajstić information content (AvgIpc) is 2.65. The van der Waals surface area contributed by atoms with E-state index < -0.39 is 0 Å². The van der Waals surface area contributed by atoms with E-state index in [1.165, 1.54) is 5.56 Å². The maximum Gasteiger partial charge on any atom is 0.191 e. The van der Waals surface area contributed by atoms with E-state index in [1.807, 2.05) is 14.0 Å². The first kappa shape index (κ1) is 20.2. The van der Waals surface area contributed by atoms with Gasteiger partial charge in [0.1, 0.15) is 0 Å². The average molecular weight is 412 g/mol. The van der Waals surface area contributed by atoms with Crippen LogP contribution in [0.25, 0.3) is 0 Å². The SMILES string of the molecule is CCOCCCNC(=NC)NCC1(c2ccc(Br)cc2)CCOCC1. The van der Waals surface area contributed by atoms with Gasteiger partial charge in [-0.25, -0.2) is 0 Å². The Morgan fingerprint density at radius 3 is 2.60 bits per heavy atom. The van der Waals surface area contributed by atoms with Crippen molar-refractivity contribution < 1.29 is 9.47 Å². The van der Waals surface area contributed by atoms with Gasteiger partial charge in [0.2, 0.25) is 0 Å². The minimum Gasteiger partial charge on any atom is -0.382 e. The van der Waals surface area contributed by atoms with Crippen LogP contribution in [0.15, 0.2) is 33.7 Å². The Morgan fingerprint density at radius 1 is 1.24 bits per heavy atom. The van der Waals surface area contributed by atoms with Gasteiger partial charge < -0.3 is 20.1 Å². The summed E-state index contributed by atoms with van der Waals surface area (Å²) in [5.74, 6) is 0.847. The quantitative estimate of drug-likeness (QED) is 0.392. The maximum absolute atomic E-state index is 5.61. The summed E-state index contributed by atoms with van der Waals surface area (Å²) >= 11 is 3.53. The number of nitrogens with zero attached hydrogens (tertiary/aromatic N) is 1. The van der Waals surface area contributed by atoms with Gasteiger partial charge in [0.25, 0.3) is 0 Å². The monoisotopic (exact) mass is 411 g/mol. The topological polar surface area (TPSA) is 54.9 Å². The molecule has 6 heteroatoms. The largest absolute Gasteiger partial charge is 0.382 e. The number of hydrogen-bond donors (Lipinski definition) is 2. The van der Waals surface area contributed by atoms with Crippen molar-refractivity contribution in [3.63, 3.8) is 0 Å². The van der Waals surface area contributed by atoms with Gasteiger partial charge in [-0.05, 0) is 43.9 Å². The first-order valence-electron chi connectivity index (χ1n) is 9.06. The van der Waals surface area contributed by atoms with Crippen LogP contribution in [-0.2, 0) is 14.9 Å². The second-order valence-electron chi connectivity index (χ2n) is 6.30. The van der Waals surface area contributed by atoms with Crippen molar-refractivity contribution in [2.45, 2.75) is 31.6 Å². The van der Waals surface area contributed by atoms with E-state index in [1.54, 1.807) is 0 Å². The third-order valence-electron chi connectivity index (χ3n) is 4.69. The third-order valence-corrected chi connectivity index (χ3v) is 5.22. The number of hydrogen-bond acceptors (Lipinski definition) is 3. The summed E-state index contributed by atoms with van der Waals surface area (Å²) in [4.78, 5) is 4.34. The summed E-state index contributed by atoms with van der Waals surface area (Å²) in [6.07, 6.45) is 3.01. The highest BCUT2D eigenvalue weighted by Gasteiger charge is 2.34. The molecule has 2 rings (SSSR count). The highest BCUT2D eigenvalue weighted by atomic mass is 79.9. The zero-order valence-electron chi connectivity index (χ0n) is 15.3. The van der Waals surface area contributed by atoms with Gasteiger partial charge in [-0.3, -0.25) is 4.99 Å². The molecule has 1 fully saturated rings. The number of benzene rings is 1. The van der Waals surface area contributed by atoms with Crippen molar-refractivity contribution in [1.29, 1.82) is 0 Å². The first-order valence-corrected chi connectivity index (χ1v) is 9.85. The van der Waals surface area contributed by atoms with Gasteiger partial charge in [-0.15, -0.1) is 0 Å². The Balaban J connectivity index is 1.94. The van der Waals surface area contributed by atoms with Gasteiger partial charge >= 0.3 is 0 Å². The van der Waals surface area contributed by atoms with Crippen LogP contribution in [-0.4, -0.2) is 52.5 Å². The van der Waals surface area contributed by atoms with Crippen LogP contribution in [0.1, 0.15) is 31.7 Å². The molecule has 2 N–H and O–H groups in total. The molecule has 5 nitrogen and oxygen atoms in total. The van der Waals surface area contributed by atoms with E-state index in [2.05, 4.69) is 55.8 Å². The standard InChI is InChI=1S/C19H30BrN3O2/c1-3-24-12-4-11-22-18(21-2)23-15-19(9-13-25-14-10-19)16-5-7-17(20)8-6-16/h5-8H,3-4,9-15H2,1-2H3,(H2,21,22,23). The number of guanidine groups is 1. The number of halogens is 1. The fourth-order valence-electron chi connectivity index (χ4n) is 3.13. The molecule has 1 aromatic rings. The van der Waals surface area contributed by atoms with Gasteiger partial charge in [0, 0.05) is 56.5 Å². The van der Waals surface area contributed by atoms with Gasteiger partial charge in [0.05, 0.1) is 0 Å². The van der Waals surface area contributed by atoms with E-state index in [9.17, 15) is 0 Å². The summed E-state index contributed by atoms with van der Waals surface area (Å²) < 4.78 is 12.1. The third kappa shape index (κ3) is 6.28. The Kier molecular flexibility index (Phi) is 8.72. The van der Waals surface area contributed by atoms with Gasteiger partial charge in [-0.1, -0.05) is 28.1 Å². The molecule has 1 aromatic carbocycles. The summed E-state index contributed by atoms with van der Waals surface area (Å²) in [6, 6.07) is 8.67. The highest BCUT2D eigenvalue weighted by Crippen LogP contribution is 2.34. The minimum absolute atomic E-state index is 0.0852. The van der Waals surface area contributed by atoms with Crippen LogP contribution in [0.4, 0.5) is 0 Å². The Morgan fingerprint density at radius 2 is 1.96 bits per heavy atom. The van der Waals surface area contributed by atoms with Gasteiger partial charge in [0.15, 0.2) is 5.96 Å². The molecule has 25 heavy (non-hydrogen) atoms. The number of ether oxygens (including phenoxy) is 2. The van der Waals surface area contributed by atoms with Crippen LogP contribution in [0.3, 0.4) is 0 Å². The number of rotatable bonds is 8. The normalized spacial score (nSPS) is 17.3. The van der Waals surface area contributed by atoms with Crippen LogP contribution >= 0.6 is 15.9 Å². The highest BCUT2D eigenvalue weighted by molar-refractivity contribution is 9.10. The van der Waals surface area contributed by atoms with Crippen molar-refractivity contribution >= 4 is 21.9 Å². The zero-order valence-corrected chi connectivity index (χ0v) is 16.9. The van der Waals surface area contributed by atoms with E-state index in [0.29, 0.717) is 0 Å². The van der Waals surface area contributed by atoms with E-state index in [4.69, 9.17) is 9.47 Å². The molecule has 1 aliphatic rings. The summed E-state index contributed by atoms with van der Waals surface area (Å²) in [6.45, 7) is 6.88. The Hall–Kier alpha value is -1.11. The van der Waals surface area contributed by atoms with E-state index in [-0.39, 0.29) is 5.41 Å². The summed E-state index contributed by atoms with van der Waals surface area (Å²) in [7, 11) is 1.81. The second kappa shape index (κ2) is 10.8. The lowest BCUT2D eigenvalue weighted by Crippen LogP contribution is -2.48. The molecule has 1 aliphatic heterocycles. The lowest BCUT2D eigenvalue weighted by atomic mass is 9.74. The van der Waals surface area contributed by atoms with Crippen molar-refractivity contribution in [2.75, 3.05) is 46.6 Å². The predicted octanol–water partition coefficient (Wildman–Crippen LogP) is 3.09. The first-order chi connectivity index (χ1) is 12.2. The molecule has 0 unspecified atom stereocenters. The lowest BCUT2D eigenvalue weighted by Gasteiger charge is -2.38. The Bertz CT molecular complexity index is 528. The maximum atomic E-state index is 5.61. The second-order valence-corrected chi connectivity index (χ2v) is 7.22. The fourth-order valence-corrected chi connectivity index (χ4v) is 3.40. The smallest absolute Gasteiger partial charge is 0.191 e. The predicted molar refractivity (Wildman–Crippen MR) is 106 cm³/mol. The molecule has 0 aliphatic carbocycles. The molecular weight excluding hydrogens is 382 g/mol. The molecule has 0 saturated carbocycles. The Labute approximate surface area is 159 Å². The molecular formula is C19H30BrN3O2. The van der Waals surface area contributed by atoms with E-state index in [0.717, 1.165) is 69.2 Å². The van der Waals surface area contributed by atoms with Gasteiger partial charge in [-0.2, -0.15) is 0 Å². The molecule has 140 valence electrons. The zero-order chi connectivity index (χ0) is 18.0. The van der Waals surface area contributed by atoms with Crippen molar-refractivity contribution in [3.05, 3.63) is 34.3 Å².